The van der Waals surface area contributed by atoms with Crippen LogP contribution in [0.2, 0.25) is 0 Å². The summed E-state index contributed by atoms with van der Waals surface area (Å²) in [6.45, 7) is 9.40. The number of amides is 1. The Morgan fingerprint density at radius 3 is 2.95 bits per heavy atom. The highest BCUT2D eigenvalue weighted by Crippen LogP contribution is 2.35. The minimum atomic E-state index is -0.0917. The summed E-state index contributed by atoms with van der Waals surface area (Å²) < 4.78 is 11.5. The van der Waals surface area contributed by atoms with E-state index < -0.39 is 0 Å². The summed E-state index contributed by atoms with van der Waals surface area (Å²) in [5, 5.41) is 2.87. The molecular weight excluding hydrogens is 278 g/mol. The van der Waals surface area contributed by atoms with Gasteiger partial charge in [0.2, 0.25) is 5.91 Å². The lowest BCUT2D eigenvalue weighted by Gasteiger charge is -2.10. The fraction of sp³-hybridized carbons (Fsp3) is 0.500. The Morgan fingerprint density at radius 1 is 1.50 bits per heavy atom. The second kappa shape index (κ2) is 7.34. The van der Waals surface area contributed by atoms with Crippen LogP contribution in [0.3, 0.4) is 0 Å². The number of benzene rings is 1. The van der Waals surface area contributed by atoms with Crippen LogP contribution >= 0.6 is 0 Å². The van der Waals surface area contributed by atoms with Crippen molar-refractivity contribution in [2.45, 2.75) is 40.2 Å². The third-order valence-electron chi connectivity index (χ3n) is 3.43. The normalized spacial score (nSPS) is 16.7. The Labute approximate surface area is 132 Å². The van der Waals surface area contributed by atoms with Crippen molar-refractivity contribution in [2.75, 3.05) is 13.2 Å². The van der Waals surface area contributed by atoms with Gasteiger partial charge in [0, 0.05) is 30.2 Å². The van der Waals surface area contributed by atoms with E-state index >= 15 is 0 Å². The molecule has 1 aliphatic heterocycles. The molecule has 1 unspecified atom stereocenters. The molecule has 0 saturated carbocycles. The van der Waals surface area contributed by atoms with E-state index in [1.165, 1.54) is 0 Å². The molecule has 0 bridgehead atoms. The highest BCUT2D eigenvalue weighted by molar-refractivity contribution is 5.92. The van der Waals surface area contributed by atoms with Crippen LogP contribution in [-0.2, 0) is 11.2 Å². The largest absolute Gasteiger partial charge is 0.493 e. The number of hydrogen-bond donors (Lipinski definition) is 1. The maximum Gasteiger partial charge on any atom is 0.244 e. The van der Waals surface area contributed by atoms with Gasteiger partial charge in [0.1, 0.15) is 17.6 Å². The molecule has 0 radical (unpaired) electrons. The van der Waals surface area contributed by atoms with Crippen molar-refractivity contribution in [3.05, 3.63) is 29.3 Å². The average Bonchev–Trinajstić information content (AvgIpc) is 2.82. The Kier molecular flexibility index (Phi) is 5.47. The lowest BCUT2D eigenvalue weighted by molar-refractivity contribution is -0.116. The molecule has 1 amide bonds. The van der Waals surface area contributed by atoms with Gasteiger partial charge in [-0.2, -0.15) is 0 Å². The summed E-state index contributed by atoms with van der Waals surface area (Å²) in [5.41, 5.74) is 2.03. The molecule has 120 valence electrons. The fourth-order valence-corrected chi connectivity index (χ4v) is 2.39. The minimum absolute atomic E-state index is 0.0917. The first-order chi connectivity index (χ1) is 10.5. The molecule has 1 aliphatic rings. The van der Waals surface area contributed by atoms with Crippen LogP contribution in [0.1, 0.15) is 38.8 Å². The summed E-state index contributed by atoms with van der Waals surface area (Å²) >= 11 is 0. The highest BCUT2D eigenvalue weighted by atomic mass is 16.5. The van der Waals surface area contributed by atoms with E-state index in [4.69, 9.17) is 9.47 Å². The molecule has 4 nitrogen and oxygen atoms in total. The molecule has 0 spiro atoms. The standard InChI is InChI=1S/C18H25NO3/c1-5-21-16-10-15-8-13(4)22-17(15)9-14(16)6-7-18(20)19-11-12(2)3/h6-7,9-10,12-13H,5,8,11H2,1-4H3,(H,19,20)/b7-6+. The topological polar surface area (TPSA) is 47.6 Å². The molecule has 1 atom stereocenters. The van der Waals surface area contributed by atoms with Gasteiger partial charge in [-0.05, 0) is 38.0 Å². The van der Waals surface area contributed by atoms with E-state index in [0.29, 0.717) is 19.1 Å². The van der Waals surface area contributed by atoms with Gasteiger partial charge in [0.25, 0.3) is 0 Å². The van der Waals surface area contributed by atoms with Crippen molar-refractivity contribution < 1.29 is 14.3 Å². The molecule has 1 N–H and O–H groups in total. The fourth-order valence-electron chi connectivity index (χ4n) is 2.39. The van der Waals surface area contributed by atoms with Crippen molar-refractivity contribution in [3.63, 3.8) is 0 Å². The maximum absolute atomic E-state index is 11.8. The summed E-state index contributed by atoms with van der Waals surface area (Å²) in [6.07, 6.45) is 4.42. The number of hydrogen-bond acceptors (Lipinski definition) is 3. The number of carbonyl (C=O) groups is 1. The molecule has 1 heterocycles. The monoisotopic (exact) mass is 303 g/mol. The average molecular weight is 303 g/mol. The van der Waals surface area contributed by atoms with E-state index in [-0.39, 0.29) is 12.0 Å². The predicted molar refractivity (Wildman–Crippen MR) is 88.3 cm³/mol. The van der Waals surface area contributed by atoms with Gasteiger partial charge in [-0.3, -0.25) is 4.79 Å². The van der Waals surface area contributed by atoms with Crippen molar-refractivity contribution in [2.24, 2.45) is 5.92 Å². The first-order valence-corrected chi connectivity index (χ1v) is 7.91. The molecule has 2 rings (SSSR count). The smallest absolute Gasteiger partial charge is 0.244 e. The van der Waals surface area contributed by atoms with E-state index in [9.17, 15) is 4.79 Å². The van der Waals surface area contributed by atoms with E-state index in [0.717, 1.165) is 29.0 Å². The van der Waals surface area contributed by atoms with Crippen LogP contribution < -0.4 is 14.8 Å². The van der Waals surface area contributed by atoms with Crippen molar-refractivity contribution in [1.29, 1.82) is 0 Å². The van der Waals surface area contributed by atoms with E-state index in [2.05, 4.69) is 26.1 Å². The molecular formula is C18H25NO3. The third kappa shape index (κ3) is 4.26. The zero-order valence-corrected chi connectivity index (χ0v) is 13.8. The maximum atomic E-state index is 11.8. The minimum Gasteiger partial charge on any atom is -0.493 e. The van der Waals surface area contributed by atoms with Crippen LogP contribution in [0.15, 0.2) is 18.2 Å². The van der Waals surface area contributed by atoms with Crippen LogP contribution in [0.4, 0.5) is 0 Å². The van der Waals surface area contributed by atoms with Crippen molar-refractivity contribution in [1.82, 2.24) is 5.32 Å². The van der Waals surface area contributed by atoms with Gasteiger partial charge in [-0.1, -0.05) is 13.8 Å². The zero-order valence-electron chi connectivity index (χ0n) is 13.8. The highest BCUT2D eigenvalue weighted by Gasteiger charge is 2.21. The number of fused-ring (bicyclic) bond motifs is 1. The molecule has 0 aromatic heterocycles. The van der Waals surface area contributed by atoms with Crippen LogP contribution in [-0.4, -0.2) is 25.2 Å². The van der Waals surface area contributed by atoms with Gasteiger partial charge >= 0.3 is 0 Å². The van der Waals surface area contributed by atoms with Crippen molar-refractivity contribution >= 4 is 12.0 Å². The molecule has 4 heteroatoms. The summed E-state index contributed by atoms with van der Waals surface area (Å²) in [7, 11) is 0. The number of carbonyl (C=O) groups excluding carboxylic acids is 1. The molecule has 0 saturated heterocycles. The molecule has 0 fully saturated rings. The van der Waals surface area contributed by atoms with Crippen LogP contribution in [0, 0.1) is 5.92 Å². The molecule has 1 aromatic carbocycles. The second-order valence-electron chi connectivity index (χ2n) is 6.04. The molecule has 1 aromatic rings. The zero-order chi connectivity index (χ0) is 16.1. The third-order valence-corrected chi connectivity index (χ3v) is 3.43. The number of nitrogens with one attached hydrogen (secondary N) is 1. The van der Waals surface area contributed by atoms with Gasteiger partial charge in [-0.25, -0.2) is 0 Å². The van der Waals surface area contributed by atoms with E-state index in [1.54, 1.807) is 12.2 Å². The van der Waals surface area contributed by atoms with Gasteiger partial charge < -0.3 is 14.8 Å². The molecule has 22 heavy (non-hydrogen) atoms. The second-order valence-corrected chi connectivity index (χ2v) is 6.04. The number of rotatable bonds is 6. The van der Waals surface area contributed by atoms with E-state index in [1.807, 2.05) is 19.1 Å². The Bertz CT molecular complexity index is 564. The van der Waals surface area contributed by atoms with Gasteiger partial charge in [0.15, 0.2) is 0 Å². The molecule has 0 aliphatic carbocycles. The van der Waals surface area contributed by atoms with Gasteiger partial charge in [-0.15, -0.1) is 0 Å². The first-order valence-electron chi connectivity index (χ1n) is 7.91. The Morgan fingerprint density at radius 2 is 2.27 bits per heavy atom. The summed E-state index contributed by atoms with van der Waals surface area (Å²) in [4.78, 5) is 11.8. The SMILES string of the molecule is CCOc1cc2c(cc1/C=C/C(=O)NCC(C)C)OC(C)C2. The number of ether oxygens (including phenoxy) is 2. The van der Waals surface area contributed by atoms with Crippen LogP contribution in [0.25, 0.3) is 6.08 Å². The Hall–Kier alpha value is -1.97. The van der Waals surface area contributed by atoms with Crippen molar-refractivity contribution in [3.8, 4) is 11.5 Å². The quantitative estimate of drug-likeness (QED) is 0.821. The summed E-state index contributed by atoms with van der Waals surface area (Å²) in [5.74, 6) is 2.03. The first kappa shape index (κ1) is 16.4. The van der Waals surface area contributed by atoms with Crippen LogP contribution in [0.5, 0.6) is 11.5 Å². The lowest BCUT2D eigenvalue weighted by Crippen LogP contribution is -2.25. The van der Waals surface area contributed by atoms with Gasteiger partial charge in [0.05, 0.1) is 6.61 Å². The lowest BCUT2D eigenvalue weighted by atomic mass is 10.1. The predicted octanol–water partition coefficient (Wildman–Crippen LogP) is 3.19. The summed E-state index contributed by atoms with van der Waals surface area (Å²) in [6, 6.07) is 3.98. The Balaban J connectivity index is 2.15.